The third-order valence-electron chi connectivity index (χ3n) is 10.0. The van der Waals surface area contributed by atoms with E-state index in [0.29, 0.717) is 32.1 Å². The number of esters is 2. The van der Waals surface area contributed by atoms with Crippen molar-refractivity contribution in [2.75, 3.05) is 7.11 Å². The van der Waals surface area contributed by atoms with Gasteiger partial charge in [-0.25, -0.2) is 0 Å². The molecule has 6 nitrogen and oxygen atoms in total. The average Bonchev–Trinajstić information content (AvgIpc) is 3.23. The minimum absolute atomic E-state index is 0.0715. The quantitative estimate of drug-likeness (QED) is 0.661. The van der Waals surface area contributed by atoms with Crippen LogP contribution in [-0.4, -0.2) is 41.1 Å². The van der Waals surface area contributed by atoms with Crippen LogP contribution in [0.1, 0.15) is 71.6 Å². The second-order valence-electron chi connectivity index (χ2n) is 10.8. The summed E-state index contributed by atoms with van der Waals surface area (Å²) in [4.78, 5) is 37.2. The zero-order chi connectivity index (χ0) is 21.5. The van der Waals surface area contributed by atoms with Crippen molar-refractivity contribution in [3.05, 3.63) is 11.6 Å². The van der Waals surface area contributed by atoms with Gasteiger partial charge >= 0.3 is 11.9 Å². The number of aliphatic hydroxyl groups is 1. The molecule has 1 aliphatic heterocycles. The zero-order valence-electron chi connectivity index (χ0n) is 18.2. The fourth-order valence-corrected chi connectivity index (χ4v) is 8.21. The molecule has 0 bridgehead atoms. The van der Waals surface area contributed by atoms with Crippen LogP contribution in [0.25, 0.3) is 0 Å². The van der Waals surface area contributed by atoms with Crippen molar-refractivity contribution in [2.45, 2.75) is 82.8 Å². The molecular weight excluding hydrogens is 384 g/mol. The van der Waals surface area contributed by atoms with Crippen LogP contribution in [0.4, 0.5) is 0 Å². The maximum Gasteiger partial charge on any atom is 0.309 e. The van der Waals surface area contributed by atoms with Crippen molar-refractivity contribution in [3.8, 4) is 0 Å². The summed E-state index contributed by atoms with van der Waals surface area (Å²) in [6.45, 7) is 4.28. The second-order valence-corrected chi connectivity index (χ2v) is 10.8. The Kier molecular flexibility index (Phi) is 4.17. The molecular formula is C24H32O6. The van der Waals surface area contributed by atoms with Crippen LogP contribution in [-0.2, 0) is 23.9 Å². The van der Waals surface area contributed by atoms with E-state index in [1.807, 2.05) is 0 Å². The fraction of sp³-hybridized carbons (Fsp3) is 0.792. The number of ketones is 1. The van der Waals surface area contributed by atoms with E-state index in [9.17, 15) is 19.5 Å². The van der Waals surface area contributed by atoms with E-state index in [1.165, 1.54) is 7.11 Å². The van der Waals surface area contributed by atoms with Gasteiger partial charge in [0.2, 0.25) is 0 Å². The molecule has 0 aromatic carbocycles. The molecule has 4 aliphatic carbocycles. The highest BCUT2D eigenvalue weighted by atomic mass is 16.6. The number of carbonyl (C=O) groups excluding carboxylic acids is 3. The molecule has 3 saturated carbocycles. The van der Waals surface area contributed by atoms with E-state index in [0.717, 1.165) is 31.3 Å². The molecule has 0 aromatic heterocycles. The molecule has 7 atom stereocenters. The molecule has 1 saturated heterocycles. The third kappa shape index (κ3) is 2.26. The molecule has 0 aromatic rings. The Morgan fingerprint density at radius 2 is 1.90 bits per heavy atom. The third-order valence-corrected chi connectivity index (χ3v) is 10.0. The van der Waals surface area contributed by atoms with Crippen LogP contribution in [0.2, 0.25) is 0 Å². The number of rotatable bonds is 1. The second kappa shape index (κ2) is 6.18. The normalized spacial score (nSPS) is 49.7. The summed E-state index contributed by atoms with van der Waals surface area (Å²) in [5.41, 5.74) is -1.42. The lowest BCUT2D eigenvalue weighted by Gasteiger charge is -2.64. The van der Waals surface area contributed by atoms with E-state index < -0.39 is 22.5 Å². The van der Waals surface area contributed by atoms with E-state index in [1.54, 1.807) is 6.08 Å². The van der Waals surface area contributed by atoms with Gasteiger partial charge < -0.3 is 14.6 Å². The van der Waals surface area contributed by atoms with Crippen molar-refractivity contribution in [2.24, 2.45) is 28.6 Å². The largest absolute Gasteiger partial charge is 0.469 e. The smallest absolute Gasteiger partial charge is 0.309 e. The van der Waals surface area contributed by atoms with Gasteiger partial charge in [0.1, 0.15) is 5.60 Å². The summed E-state index contributed by atoms with van der Waals surface area (Å²) < 4.78 is 11.2. The van der Waals surface area contributed by atoms with Crippen LogP contribution in [0, 0.1) is 28.6 Å². The first-order valence-corrected chi connectivity index (χ1v) is 11.4. The van der Waals surface area contributed by atoms with Gasteiger partial charge in [-0.1, -0.05) is 19.4 Å². The summed E-state index contributed by atoms with van der Waals surface area (Å²) in [7, 11) is 1.40. The maximum atomic E-state index is 13.0. The molecule has 1 N–H and O–H groups in total. The molecule has 0 radical (unpaired) electrons. The molecule has 4 fully saturated rings. The first kappa shape index (κ1) is 20.2. The average molecular weight is 417 g/mol. The number of hydrogen-bond donors (Lipinski definition) is 1. The Morgan fingerprint density at radius 1 is 1.13 bits per heavy atom. The molecule has 5 aliphatic rings. The van der Waals surface area contributed by atoms with E-state index >= 15 is 0 Å². The topological polar surface area (TPSA) is 89.9 Å². The Balaban J connectivity index is 1.63. The van der Waals surface area contributed by atoms with Gasteiger partial charge in [0.05, 0.1) is 18.6 Å². The summed E-state index contributed by atoms with van der Waals surface area (Å²) in [5.74, 6) is -1.05. The van der Waals surface area contributed by atoms with Gasteiger partial charge in [0.25, 0.3) is 0 Å². The molecule has 164 valence electrons. The van der Waals surface area contributed by atoms with Crippen molar-refractivity contribution in [3.63, 3.8) is 0 Å². The Morgan fingerprint density at radius 3 is 2.57 bits per heavy atom. The van der Waals surface area contributed by atoms with Crippen LogP contribution < -0.4 is 0 Å². The van der Waals surface area contributed by atoms with Crippen LogP contribution in [0.3, 0.4) is 0 Å². The molecule has 5 unspecified atom stereocenters. The molecule has 0 amide bonds. The van der Waals surface area contributed by atoms with Gasteiger partial charge in [-0.05, 0) is 56.9 Å². The molecule has 5 rings (SSSR count). The molecule has 1 heterocycles. The van der Waals surface area contributed by atoms with Gasteiger partial charge in [-0.2, -0.15) is 0 Å². The summed E-state index contributed by atoms with van der Waals surface area (Å²) >= 11 is 0. The molecule has 6 heteroatoms. The van der Waals surface area contributed by atoms with Gasteiger partial charge in [-0.3, -0.25) is 14.4 Å². The maximum absolute atomic E-state index is 13.0. The minimum Gasteiger partial charge on any atom is -0.469 e. The number of ether oxygens (including phenoxy) is 2. The summed E-state index contributed by atoms with van der Waals surface area (Å²) in [5, 5.41) is 12.3. The first-order valence-electron chi connectivity index (χ1n) is 11.4. The van der Waals surface area contributed by atoms with Crippen molar-refractivity contribution >= 4 is 17.7 Å². The Hall–Kier alpha value is -1.69. The Bertz CT molecular complexity index is 862. The van der Waals surface area contributed by atoms with Crippen molar-refractivity contribution < 1.29 is 29.0 Å². The highest BCUT2D eigenvalue weighted by Crippen LogP contribution is 2.71. The van der Waals surface area contributed by atoms with Gasteiger partial charge in [0.15, 0.2) is 5.78 Å². The highest BCUT2D eigenvalue weighted by molar-refractivity contribution is 5.92. The lowest BCUT2D eigenvalue weighted by atomic mass is 9.42. The van der Waals surface area contributed by atoms with E-state index in [2.05, 4.69) is 13.8 Å². The monoisotopic (exact) mass is 416 g/mol. The lowest BCUT2D eigenvalue weighted by molar-refractivity contribution is -0.229. The van der Waals surface area contributed by atoms with E-state index in [-0.39, 0.29) is 35.0 Å². The van der Waals surface area contributed by atoms with Crippen LogP contribution >= 0.6 is 0 Å². The van der Waals surface area contributed by atoms with Crippen molar-refractivity contribution in [1.82, 2.24) is 0 Å². The number of fused-ring (bicyclic) bond motifs is 6. The first-order chi connectivity index (χ1) is 14.1. The highest BCUT2D eigenvalue weighted by Gasteiger charge is 2.73. The number of methoxy groups -OCH3 is 1. The standard InChI is InChI=1S/C24H32O6/c1-21-7-4-15(25)12-14(21)13-16(20(27)29-3)19-17-5-8-23(9-6-18(26)30-23)22(17,2)10-11-24(19,21)28/h12,16-17,19,28H,4-11,13H2,1-3H3/t16?,17?,19?,21?,22?,23-,24-/m1/s1. The predicted molar refractivity (Wildman–Crippen MR) is 107 cm³/mol. The van der Waals surface area contributed by atoms with Gasteiger partial charge in [0, 0.05) is 29.6 Å². The predicted octanol–water partition coefficient (Wildman–Crippen LogP) is 3.11. The lowest BCUT2D eigenvalue weighted by Crippen LogP contribution is -2.67. The minimum atomic E-state index is -1.07. The SMILES string of the molecule is COC(=O)C1CC2=CC(=O)CCC2(C)[C@@]2(O)CCC3(C)C(CC[C@@]34CCC(=O)O4)C12. The molecule has 30 heavy (non-hydrogen) atoms. The number of hydrogen-bond acceptors (Lipinski definition) is 6. The van der Waals surface area contributed by atoms with Gasteiger partial charge in [-0.15, -0.1) is 0 Å². The zero-order valence-corrected chi connectivity index (χ0v) is 18.2. The van der Waals surface area contributed by atoms with E-state index in [4.69, 9.17) is 9.47 Å². The Labute approximate surface area is 177 Å². The summed E-state index contributed by atoms with van der Waals surface area (Å²) in [6.07, 6.45) is 7.27. The summed E-state index contributed by atoms with van der Waals surface area (Å²) in [6, 6.07) is 0. The van der Waals surface area contributed by atoms with Crippen LogP contribution in [0.15, 0.2) is 11.6 Å². The fourth-order valence-electron chi connectivity index (χ4n) is 8.21. The number of carbonyl (C=O) groups is 3. The van der Waals surface area contributed by atoms with Crippen molar-refractivity contribution in [1.29, 1.82) is 0 Å². The molecule has 1 spiro atoms. The van der Waals surface area contributed by atoms with Crippen LogP contribution in [0.5, 0.6) is 0 Å².